The third kappa shape index (κ3) is 3.04. The highest BCUT2D eigenvalue weighted by Crippen LogP contribution is 2.27. The maximum Gasteiger partial charge on any atom is 0.137 e. The molecule has 0 atom stereocenters. The minimum absolute atomic E-state index is 0.467. The first kappa shape index (κ1) is 14.8. The molecule has 22 heavy (non-hydrogen) atoms. The molecule has 0 fully saturated rings. The van der Waals surface area contributed by atoms with Crippen LogP contribution in [-0.2, 0) is 13.1 Å². The van der Waals surface area contributed by atoms with E-state index < -0.39 is 0 Å². The van der Waals surface area contributed by atoms with Gasteiger partial charge >= 0.3 is 0 Å². The van der Waals surface area contributed by atoms with E-state index in [2.05, 4.69) is 72.2 Å². The summed E-state index contributed by atoms with van der Waals surface area (Å²) in [5.41, 5.74) is 5.01. The molecule has 0 saturated heterocycles. The van der Waals surface area contributed by atoms with Gasteiger partial charge in [0.25, 0.3) is 0 Å². The normalized spacial score (nSPS) is 11.7. The molecule has 2 aromatic heterocycles. The topological polar surface area (TPSA) is 31.9 Å². The van der Waals surface area contributed by atoms with Gasteiger partial charge in [-0.1, -0.05) is 44.2 Å². The lowest BCUT2D eigenvalue weighted by atomic mass is 10.0. The smallest absolute Gasteiger partial charge is 0.137 e. The highest BCUT2D eigenvalue weighted by Gasteiger charge is 2.16. The number of aromatic amines is 1. The van der Waals surface area contributed by atoms with Gasteiger partial charge in [0.1, 0.15) is 5.65 Å². The summed E-state index contributed by atoms with van der Waals surface area (Å²) in [7, 11) is 2.17. The van der Waals surface area contributed by atoms with Gasteiger partial charge in [0.2, 0.25) is 0 Å². The van der Waals surface area contributed by atoms with Gasteiger partial charge in [-0.05, 0) is 36.2 Å². The molecule has 3 nitrogen and oxygen atoms in total. The molecule has 0 aliphatic heterocycles. The molecule has 3 rings (SSSR count). The van der Waals surface area contributed by atoms with Crippen molar-refractivity contribution in [1.29, 1.82) is 0 Å². The average molecular weight is 293 g/mol. The summed E-state index contributed by atoms with van der Waals surface area (Å²) < 4.78 is 0. The van der Waals surface area contributed by atoms with Gasteiger partial charge in [-0.2, -0.15) is 0 Å². The number of H-pyrrole nitrogens is 1. The maximum absolute atomic E-state index is 4.46. The molecule has 0 aliphatic carbocycles. The summed E-state index contributed by atoms with van der Waals surface area (Å²) in [5.74, 6) is 0.467. The van der Waals surface area contributed by atoms with Crippen molar-refractivity contribution in [3.8, 4) is 0 Å². The zero-order chi connectivity index (χ0) is 15.5. The Morgan fingerprint density at radius 1 is 1.05 bits per heavy atom. The highest BCUT2D eigenvalue weighted by molar-refractivity contribution is 5.81. The van der Waals surface area contributed by atoms with E-state index in [1.807, 2.05) is 12.3 Å². The van der Waals surface area contributed by atoms with Crippen molar-refractivity contribution < 1.29 is 0 Å². The first-order chi connectivity index (χ1) is 10.6. The number of aromatic nitrogens is 2. The van der Waals surface area contributed by atoms with Crippen molar-refractivity contribution in [3.05, 3.63) is 65.5 Å². The molecule has 0 spiro atoms. The van der Waals surface area contributed by atoms with E-state index in [1.165, 1.54) is 22.2 Å². The Bertz CT molecular complexity index is 744. The van der Waals surface area contributed by atoms with E-state index in [-0.39, 0.29) is 0 Å². The molecule has 0 amide bonds. The van der Waals surface area contributed by atoms with Crippen molar-refractivity contribution in [2.24, 2.45) is 0 Å². The van der Waals surface area contributed by atoms with Crippen LogP contribution in [0.3, 0.4) is 0 Å². The zero-order valence-corrected chi connectivity index (χ0v) is 13.5. The number of pyridine rings is 1. The van der Waals surface area contributed by atoms with Gasteiger partial charge in [-0.15, -0.1) is 0 Å². The number of hydrogen-bond acceptors (Lipinski definition) is 2. The lowest BCUT2D eigenvalue weighted by Crippen LogP contribution is -2.18. The molecule has 1 N–H and O–H groups in total. The standard InChI is InChI=1S/C19H23N3/c1-14(2)18-17(16-10-7-11-20-19(16)21-18)13-22(3)12-15-8-5-4-6-9-15/h4-11,14H,12-13H2,1-3H3,(H,20,21). The summed E-state index contributed by atoms with van der Waals surface area (Å²) in [6.07, 6.45) is 1.85. The van der Waals surface area contributed by atoms with Gasteiger partial charge in [-0.3, -0.25) is 4.90 Å². The SMILES string of the molecule is CC(C)c1[nH]c2ncccc2c1CN(C)Cc1ccccc1. The fourth-order valence-corrected chi connectivity index (χ4v) is 2.98. The Balaban J connectivity index is 1.87. The monoisotopic (exact) mass is 293 g/mol. The summed E-state index contributed by atoms with van der Waals surface area (Å²) in [5, 5.41) is 1.24. The van der Waals surface area contributed by atoms with Crippen molar-refractivity contribution in [1.82, 2.24) is 14.9 Å². The van der Waals surface area contributed by atoms with Gasteiger partial charge in [0.15, 0.2) is 0 Å². The largest absolute Gasteiger partial charge is 0.343 e. The average Bonchev–Trinajstić information content (AvgIpc) is 2.87. The van der Waals surface area contributed by atoms with E-state index in [1.54, 1.807) is 0 Å². The minimum Gasteiger partial charge on any atom is -0.343 e. The van der Waals surface area contributed by atoms with Crippen LogP contribution in [0.25, 0.3) is 11.0 Å². The lowest BCUT2D eigenvalue weighted by molar-refractivity contribution is 0.319. The van der Waals surface area contributed by atoms with Gasteiger partial charge in [0.05, 0.1) is 0 Å². The molecule has 0 saturated carbocycles. The quantitative estimate of drug-likeness (QED) is 0.760. The van der Waals surface area contributed by atoms with Crippen LogP contribution in [0.15, 0.2) is 48.7 Å². The Hall–Kier alpha value is -2.13. The molecule has 0 radical (unpaired) electrons. The van der Waals surface area contributed by atoms with E-state index >= 15 is 0 Å². The maximum atomic E-state index is 4.46. The van der Waals surface area contributed by atoms with E-state index in [4.69, 9.17) is 0 Å². The predicted octanol–water partition coefficient (Wildman–Crippen LogP) is 4.32. The summed E-state index contributed by atoms with van der Waals surface area (Å²) in [6.45, 7) is 6.33. The summed E-state index contributed by atoms with van der Waals surface area (Å²) in [4.78, 5) is 10.3. The van der Waals surface area contributed by atoms with Crippen LogP contribution >= 0.6 is 0 Å². The molecule has 114 valence electrons. The Labute approximate surface area is 132 Å². The minimum atomic E-state index is 0.467. The van der Waals surface area contributed by atoms with Gasteiger partial charge < -0.3 is 4.98 Å². The van der Waals surface area contributed by atoms with E-state index in [0.29, 0.717) is 5.92 Å². The van der Waals surface area contributed by atoms with E-state index in [9.17, 15) is 0 Å². The first-order valence-electron chi connectivity index (χ1n) is 7.83. The molecule has 3 aromatic rings. The zero-order valence-electron chi connectivity index (χ0n) is 13.5. The van der Waals surface area contributed by atoms with Crippen LogP contribution in [0.2, 0.25) is 0 Å². The number of rotatable bonds is 5. The van der Waals surface area contributed by atoms with Crippen molar-refractivity contribution in [3.63, 3.8) is 0 Å². The number of fused-ring (bicyclic) bond motifs is 1. The Morgan fingerprint density at radius 2 is 1.82 bits per heavy atom. The van der Waals surface area contributed by atoms with Crippen LogP contribution in [0.4, 0.5) is 0 Å². The number of hydrogen-bond donors (Lipinski definition) is 1. The number of benzene rings is 1. The summed E-state index contributed by atoms with van der Waals surface area (Å²) >= 11 is 0. The molecule has 1 aromatic carbocycles. The second-order valence-electron chi connectivity index (χ2n) is 6.23. The first-order valence-corrected chi connectivity index (χ1v) is 7.83. The Morgan fingerprint density at radius 3 is 2.55 bits per heavy atom. The third-order valence-corrected chi connectivity index (χ3v) is 4.01. The molecule has 0 aliphatic rings. The van der Waals surface area contributed by atoms with Crippen LogP contribution < -0.4 is 0 Å². The molecule has 0 unspecified atom stereocenters. The molecular formula is C19H23N3. The van der Waals surface area contributed by atoms with Crippen LogP contribution in [0.5, 0.6) is 0 Å². The third-order valence-electron chi connectivity index (χ3n) is 4.01. The predicted molar refractivity (Wildman–Crippen MR) is 91.8 cm³/mol. The van der Waals surface area contributed by atoms with E-state index in [0.717, 1.165) is 18.7 Å². The van der Waals surface area contributed by atoms with Crippen molar-refractivity contribution >= 4 is 11.0 Å². The molecular weight excluding hydrogens is 270 g/mol. The molecule has 2 heterocycles. The second kappa shape index (κ2) is 6.32. The summed E-state index contributed by atoms with van der Waals surface area (Å²) in [6, 6.07) is 14.8. The Kier molecular flexibility index (Phi) is 4.25. The fourth-order valence-electron chi connectivity index (χ4n) is 2.98. The van der Waals surface area contributed by atoms with Crippen LogP contribution in [0, 0.1) is 0 Å². The van der Waals surface area contributed by atoms with Gasteiger partial charge in [-0.25, -0.2) is 4.98 Å². The molecule has 0 bridgehead atoms. The number of nitrogens with zero attached hydrogens (tertiary/aromatic N) is 2. The van der Waals surface area contributed by atoms with Crippen molar-refractivity contribution in [2.75, 3.05) is 7.05 Å². The second-order valence-corrected chi connectivity index (χ2v) is 6.23. The van der Waals surface area contributed by atoms with Crippen molar-refractivity contribution in [2.45, 2.75) is 32.9 Å². The van der Waals surface area contributed by atoms with Crippen LogP contribution in [-0.4, -0.2) is 21.9 Å². The molecule has 3 heteroatoms. The van der Waals surface area contributed by atoms with Crippen LogP contribution in [0.1, 0.15) is 36.6 Å². The lowest BCUT2D eigenvalue weighted by Gasteiger charge is -2.18. The number of nitrogens with one attached hydrogen (secondary N) is 1. The van der Waals surface area contributed by atoms with Gasteiger partial charge in [0, 0.05) is 30.4 Å². The fraction of sp³-hybridized carbons (Fsp3) is 0.316. The highest BCUT2D eigenvalue weighted by atomic mass is 15.1.